The lowest BCUT2D eigenvalue weighted by Crippen LogP contribution is -2.03. The van der Waals surface area contributed by atoms with Gasteiger partial charge in [-0.1, -0.05) is 23.7 Å². The monoisotopic (exact) mass is 301 g/mol. The largest absolute Gasteiger partial charge is 0.380 e. The Balaban J connectivity index is 2.25. The molecule has 0 aliphatic heterocycles. The first-order chi connectivity index (χ1) is 10.0. The van der Waals surface area contributed by atoms with Crippen LogP contribution in [0, 0.1) is 28.4 Å². The fourth-order valence-electron chi connectivity index (χ4n) is 1.96. The number of benzene rings is 2. The molecular weight excluding hydrogens is 290 g/mol. The van der Waals surface area contributed by atoms with E-state index >= 15 is 0 Å². The molecule has 0 aliphatic rings. The molecule has 0 atom stereocenters. The summed E-state index contributed by atoms with van der Waals surface area (Å²) in [6, 6.07) is 11.9. The summed E-state index contributed by atoms with van der Waals surface area (Å²) in [6.45, 7) is 2.16. The summed E-state index contributed by atoms with van der Waals surface area (Å²) in [5, 5.41) is 23.5. The topological polar surface area (TPSA) is 79.0 Å². The molecule has 0 amide bonds. The van der Waals surface area contributed by atoms with E-state index in [0.29, 0.717) is 28.4 Å². The van der Waals surface area contributed by atoms with Crippen molar-refractivity contribution in [2.24, 2.45) is 0 Å². The molecule has 0 aromatic heterocycles. The van der Waals surface area contributed by atoms with E-state index < -0.39 is 4.92 Å². The molecule has 0 unspecified atom stereocenters. The molecule has 5 nitrogen and oxygen atoms in total. The number of non-ortho nitro benzene ring substituents is 1. The predicted octanol–water partition coefficient (Wildman–Crippen LogP) is 4.04. The second-order valence-corrected chi connectivity index (χ2v) is 4.90. The lowest BCUT2D eigenvalue weighted by atomic mass is 10.1. The van der Waals surface area contributed by atoms with E-state index in [0.717, 1.165) is 5.56 Å². The Labute approximate surface area is 126 Å². The van der Waals surface area contributed by atoms with E-state index in [9.17, 15) is 10.1 Å². The molecule has 6 heteroatoms. The molecule has 2 aromatic carbocycles. The zero-order valence-corrected chi connectivity index (χ0v) is 12.0. The Bertz CT molecular complexity index is 738. The van der Waals surface area contributed by atoms with E-state index in [2.05, 4.69) is 11.4 Å². The van der Waals surface area contributed by atoms with E-state index in [4.69, 9.17) is 16.9 Å². The van der Waals surface area contributed by atoms with Gasteiger partial charge in [-0.2, -0.15) is 5.26 Å². The highest BCUT2D eigenvalue weighted by Crippen LogP contribution is 2.24. The number of aryl methyl sites for hydroxylation is 1. The van der Waals surface area contributed by atoms with Crippen LogP contribution < -0.4 is 5.32 Å². The number of nitriles is 1. The maximum absolute atomic E-state index is 10.8. The smallest absolute Gasteiger partial charge is 0.269 e. The zero-order chi connectivity index (χ0) is 15.4. The van der Waals surface area contributed by atoms with E-state index in [1.807, 2.05) is 19.1 Å². The average Bonchev–Trinajstić information content (AvgIpc) is 2.46. The number of anilines is 1. The van der Waals surface area contributed by atoms with E-state index in [1.165, 1.54) is 18.2 Å². The third-order valence-electron chi connectivity index (χ3n) is 3.09. The summed E-state index contributed by atoms with van der Waals surface area (Å²) < 4.78 is 0. The van der Waals surface area contributed by atoms with Crippen LogP contribution in [0.3, 0.4) is 0 Å². The number of hydrogen-bond acceptors (Lipinski definition) is 4. The zero-order valence-electron chi connectivity index (χ0n) is 11.3. The van der Waals surface area contributed by atoms with Crippen LogP contribution >= 0.6 is 11.6 Å². The van der Waals surface area contributed by atoms with E-state index in [-0.39, 0.29) is 5.69 Å². The molecule has 0 spiro atoms. The highest BCUT2D eigenvalue weighted by molar-refractivity contribution is 6.31. The van der Waals surface area contributed by atoms with Crippen molar-refractivity contribution in [1.29, 1.82) is 5.26 Å². The van der Waals surface area contributed by atoms with Crippen LogP contribution in [-0.4, -0.2) is 4.92 Å². The molecule has 0 fully saturated rings. The van der Waals surface area contributed by atoms with Gasteiger partial charge in [0.15, 0.2) is 0 Å². The highest BCUT2D eigenvalue weighted by atomic mass is 35.5. The SMILES string of the molecule is Cc1cccc(NCc2cc([N+](=O)[O-])ccc2Cl)c1C#N. The van der Waals surface area contributed by atoms with Crippen LogP contribution in [0.15, 0.2) is 36.4 Å². The van der Waals surface area contributed by atoms with Gasteiger partial charge in [0.1, 0.15) is 6.07 Å². The molecule has 1 N–H and O–H groups in total. The second kappa shape index (κ2) is 6.25. The van der Waals surface area contributed by atoms with Gasteiger partial charge in [-0.25, -0.2) is 0 Å². The van der Waals surface area contributed by atoms with Crippen molar-refractivity contribution in [2.45, 2.75) is 13.5 Å². The van der Waals surface area contributed by atoms with Gasteiger partial charge in [0.25, 0.3) is 5.69 Å². The Hall–Kier alpha value is -2.58. The predicted molar refractivity (Wildman–Crippen MR) is 81.3 cm³/mol. The first kappa shape index (κ1) is 14.8. The molecule has 21 heavy (non-hydrogen) atoms. The minimum atomic E-state index is -0.465. The maximum Gasteiger partial charge on any atom is 0.269 e. The number of nitrogens with zero attached hydrogens (tertiary/aromatic N) is 2. The Morgan fingerprint density at radius 1 is 1.38 bits per heavy atom. The first-order valence-corrected chi connectivity index (χ1v) is 6.57. The van der Waals surface area contributed by atoms with Crippen molar-refractivity contribution in [2.75, 3.05) is 5.32 Å². The Morgan fingerprint density at radius 2 is 2.14 bits per heavy atom. The normalized spacial score (nSPS) is 9.95. The molecular formula is C15H12ClN3O2. The van der Waals surface area contributed by atoms with Crippen LogP contribution in [0.25, 0.3) is 0 Å². The summed E-state index contributed by atoms with van der Waals surface area (Å²) in [5.41, 5.74) is 2.70. The summed E-state index contributed by atoms with van der Waals surface area (Å²) in [5.74, 6) is 0. The molecule has 0 heterocycles. The summed E-state index contributed by atoms with van der Waals surface area (Å²) >= 11 is 6.04. The lowest BCUT2D eigenvalue weighted by Gasteiger charge is -2.11. The highest BCUT2D eigenvalue weighted by Gasteiger charge is 2.10. The summed E-state index contributed by atoms with van der Waals surface area (Å²) in [7, 11) is 0. The van der Waals surface area contributed by atoms with Crippen molar-refractivity contribution >= 4 is 23.0 Å². The molecule has 106 valence electrons. The number of rotatable bonds is 4. The fraction of sp³-hybridized carbons (Fsp3) is 0.133. The molecule has 2 rings (SSSR count). The first-order valence-electron chi connectivity index (χ1n) is 6.19. The third-order valence-corrected chi connectivity index (χ3v) is 3.46. The Kier molecular flexibility index (Phi) is 4.41. The van der Waals surface area contributed by atoms with Gasteiger partial charge in [-0.15, -0.1) is 0 Å². The number of nitro groups is 1. The second-order valence-electron chi connectivity index (χ2n) is 4.50. The van der Waals surface area contributed by atoms with Gasteiger partial charge >= 0.3 is 0 Å². The van der Waals surface area contributed by atoms with Crippen molar-refractivity contribution < 1.29 is 4.92 Å². The molecule has 0 bridgehead atoms. The van der Waals surface area contributed by atoms with Crippen molar-refractivity contribution in [1.82, 2.24) is 0 Å². The van der Waals surface area contributed by atoms with Crippen molar-refractivity contribution in [3.63, 3.8) is 0 Å². The van der Waals surface area contributed by atoms with Crippen molar-refractivity contribution in [3.8, 4) is 6.07 Å². The van der Waals surface area contributed by atoms with Crippen LogP contribution in [0.2, 0.25) is 5.02 Å². The number of nitro benzene ring substituents is 1. The van der Waals surface area contributed by atoms with Crippen LogP contribution in [-0.2, 0) is 6.54 Å². The van der Waals surface area contributed by atoms with Gasteiger partial charge in [0, 0.05) is 23.7 Å². The Morgan fingerprint density at radius 3 is 2.81 bits per heavy atom. The molecule has 0 radical (unpaired) electrons. The van der Waals surface area contributed by atoms with Gasteiger partial charge in [-0.05, 0) is 30.2 Å². The van der Waals surface area contributed by atoms with Crippen LogP contribution in [0.4, 0.5) is 11.4 Å². The van der Waals surface area contributed by atoms with Gasteiger partial charge in [0.05, 0.1) is 16.2 Å². The lowest BCUT2D eigenvalue weighted by molar-refractivity contribution is -0.384. The average molecular weight is 302 g/mol. The maximum atomic E-state index is 10.8. The number of nitrogens with one attached hydrogen (secondary N) is 1. The molecule has 2 aromatic rings. The van der Waals surface area contributed by atoms with Gasteiger partial charge in [0.2, 0.25) is 0 Å². The standard InChI is InChI=1S/C15H12ClN3O2/c1-10-3-2-4-15(13(10)8-17)18-9-11-7-12(19(20)21)5-6-14(11)16/h2-7,18H,9H2,1H3. The number of hydrogen-bond donors (Lipinski definition) is 1. The minimum Gasteiger partial charge on any atom is -0.380 e. The third kappa shape index (κ3) is 3.30. The van der Waals surface area contributed by atoms with Crippen LogP contribution in [0.5, 0.6) is 0 Å². The minimum absolute atomic E-state index is 0.0130. The molecule has 0 aliphatic carbocycles. The molecule has 0 saturated carbocycles. The van der Waals surface area contributed by atoms with Gasteiger partial charge in [-0.3, -0.25) is 10.1 Å². The molecule has 0 saturated heterocycles. The fourth-order valence-corrected chi connectivity index (χ4v) is 2.15. The number of halogens is 1. The quantitative estimate of drug-likeness (QED) is 0.682. The summed E-state index contributed by atoms with van der Waals surface area (Å²) in [4.78, 5) is 10.3. The van der Waals surface area contributed by atoms with Crippen molar-refractivity contribution in [3.05, 3.63) is 68.2 Å². The van der Waals surface area contributed by atoms with E-state index in [1.54, 1.807) is 6.07 Å². The van der Waals surface area contributed by atoms with Gasteiger partial charge < -0.3 is 5.32 Å². The summed E-state index contributed by atoms with van der Waals surface area (Å²) in [6.07, 6.45) is 0. The van der Waals surface area contributed by atoms with Crippen LogP contribution in [0.1, 0.15) is 16.7 Å².